The number of azo groups is 1. The largest absolute Gasteiger partial charge is 0.505 e. The maximum Gasteiger partial charge on any atom is 0.287 e. The van der Waals surface area contributed by atoms with E-state index in [9.17, 15) is 9.90 Å². The quantitative estimate of drug-likeness (QED) is 0.462. The molecule has 4 rings (SSSR count). The molecule has 0 atom stereocenters. The van der Waals surface area contributed by atoms with E-state index in [1.807, 2.05) is 36.4 Å². The molecule has 0 aliphatic carbocycles. The Hall–Kier alpha value is -3.44. The number of pyridine rings is 1. The Bertz CT molecular complexity index is 1200. The van der Waals surface area contributed by atoms with Crippen molar-refractivity contribution in [3.63, 3.8) is 0 Å². The van der Waals surface area contributed by atoms with Crippen LogP contribution in [0.3, 0.4) is 0 Å². The van der Waals surface area contributed by atoms with Crippen LogP contribution in [0.2, 0.25) is 5.02 Å². The molecule has 0 unspecified atom stereocenters. The Kier molecular flexibility index (Phi) is 4.44. The van der Waals surface area contributed by atoms with E-state index in [0.717, 1.165) is 0 Å². The zero-order valence-corrected chi connectivity index (χ0v) is 14.8. The molecule has 1 N–H and O–H groups in total. The highest BCUT2D eigenvalue weighted by Gasteiger charge is 2.17. The smallest absolute Gasteiger partial charge is 0.287 e. The second kappa shape index (κ2) is 7.05. The minimum atomic E-state index is -0.449. The minimum absolute atomic E-state index is 0.118. The van der Waals surface area contributed by atoms with Gasteiger partial charge in [-0.3, -0.25) is 9.36 Å². The zero-order chi connectivity index (χ0) is 18.8. The summed E-state index contributed by atoms with van der Waals surface area (Å²) >= 11 is 5.87. The van der Waals surface area contributed by atoms with Gasteiger partial charge in [-0.2, -0.15) is 5.11 Å². The van der Waals surface area contributed by atoms with Crippen LogP contribution in [-0.4, -0.2) is 9.67 Å². The second-order valence-electron chi connectivity index (χ2n) is 5.87. The third kappa shape index (κ3) is 3.20. The molecule has 0 aliphatic heterocycles. The predicted octanol–water partition coefficient (Wildman–Crippen LogP) is 5.77. The van der Waals surface area contributed by atoms with Gasteiger partial charge in [0.05, 0.1) is 11.2 Å². The van der Waals surface area contributed by atoms with Crippen molar-refractivity contribution in [2.75, 3.05) is 0 Å². The molecular formula is C21H14ClN3O2. The minimum Gasteiger partial charge on any atom is -0.505 e. The van der Waals surface area contributed by atoms with Gasteiger partial charge in [0.2, 0.25) is 0 Å². The molecule has 0 bridgehead atoms. The highest BCUT2D eigenvalue weighted by Crippen LogP contribution is 2.33. The van der Waals surface area contributed by atoms with E-state index in [4.69, 9.17) is 11.6 Å². The number of halogens is 1. The topological polar surface area (TPSA) is 66.9 Å². The summed E-state index contributed by atoms with van der Waals surface area (Å²) in [5.41, 5.74) is 1.23. The van der Waals surface area contributed by atoms with Crippen molar-refractivity contribution in [3.8, 4) is 11.4 Å². The summed E-state index contributed by atoms with van der Waals surface area (Å²) in [6.45, 7) is 0. The zero-order valence-electron chi connectivity index (χ0n) is 14.1. The van der Waals surface area contributed by atoms with Crippen molar-refractivity contribution in [2.24, 2.45) is 10.2 Å². The number of para-hydroxylation sites is 2. The SMILES string of the molecule is O=c1c(N=Nc2ccc(Cl)cc2)c(O)c2ccccc2n1-c1ccccc1. The molecule has 1 heterocycles. The van der Waals surface area contributed by atoms with Crippen LogP contribution in [0, 0.1) is 0 Å². The van der Waals surface area contributed by atoms with Gasteiger partial charge >= 0.3 is 0 Å². The van der Waals surface area contributed by atoms with Crippen LogP contribution in [0.15, 0.2) is 93.9 Å². The van der Waals surface area contributed by atoms with Gasteiger partial charge in [0, 0.05) is 16.1 Å². The fourth-order valence-electron chi connectivity index (χ4n) is 2.85. The van der Waals surface area contributed by atoms with Crippen molar-refractivity contribution in [1.82, 2.24) is 4.57 Å². The lowest BCUT2D eigenvalue weighted by molar-refractivity contribution is 0.481. The van der Waals surface area contributed by atoms with Gasteiger partial charge in [0.15, 0.2) is 11.4 Å². The summed E-state index contributed by atoms with van der Waals surface area (Å²) in [6.07, 6.45) is 0. The first-order chi connectivity index (χ1) is 13.1. The molecule has 0 aliphatic rings. The third-order valence-corrected chi connectivity index (χ3v) is 4.39. The van der Waals surface area contributed by atoms with Crippen molar-refractivity contribution in [3.05, 3.63) is 94.2 Å². The van der Waals surface area contributed by atoms with Crippen molar-refractivity contribution in [2.45, 2.75) is 0 Å². The highest BCUT2D eigenvalue weighted by atomic mass is 35.5. The molecule has 5 nitrogen and oxygen atoms in total. The van der Waals surface area contributed by atoms with Gasteiger partial charge in [-0.1, -0.05) is 41.9 Å². The fraction of sp³-hybridized carbons (Fsp3) is 0. The molecule has 6 heteroatoms. The van der Waals surface area contributed by atoms with Crippen LogP contribution in [0.25, 0.3) is 16.6 Å². The lowest BCUT2D eigenvalue weighted by atomic mass is 10.1. The van der Waals surface area contributed by atoms with Gasteiger partial charge in [-0.05, 0) is 48.5 Å². The molecular weight excluding hydrogens is 362 g/mol. The van der Waals surface area contributed by atoms with Gasteiger partial charge < -0.3 is 5.11 Å². The van der Waals surface area contributed by atoms with E-state index in [2.05, 4.69) is 10.2 Å². The number of aromatic nitrogens is 1. The van der Waals surface area contributed by atoms with Crippen LogP contribution in [0.4, 0.5) is 11.4 Å². The Morgan fingerprint density at radius 1 is 0.815 bits per heavy atom. The van der Waals surface area contributed by atoms with E-state index in [1.54, 1.807) is 42.5 Å². The summed E-state index contributed by atoms with van der Waals surface area (Å²) in [5.74, 6) is -0.194. The number of aromatic hydroxyl groups is 1. The summed E-state index contributed by atoms with van der Waals surface area (Å²) in [5, 5.41) is 19.8. The average Bonchev–Trinajstić information content (AvgIpc) is 2.70. The van der Waals surface area contributed by atoms with Gasteiger partial charge in [-0.25, -0.2) is 0 Å². The first kappa shape index (κ1) is 17.0. The molecule has 3 aromatic carbocycles. The first-order valence-corrected chi connectivity index (χ1v) is 8.62. The Morgan fingerprint density at radius 2 is 1.48 bits per heavy atom. The molecule has 0 saturated heterocycles. The molecule has 0 spiro atoms. The third-order valence-electron chi connectivity index (χ3n) is 4.14. The van der Waals surface area contributed by atoms with E-state index >= 15 is 0 Å². The maximum atomic E-state index is 13.1. The van der Waals surface area contributed by atoms with Crippen LogP contribution in [-0.2, 0) is 0 Å². The molecule has 1 aromatic heterocycles. The molecule has 27 heavy (non-hydrogen) atoms. The first-order valence-electron chi connectivity index (χ1n) is 8.24. The fourth-order valence-corrected chi connectivity index (χ4v) is 2.98. The van der Waals surface area contributed by atoms with Crippen LogP contribution in [0.5, 0.6) is 5.75 Å². The maximum absolute atomic E-state index is 13.1. The molecule has 0 radical (unpaired) electrons. The monoisotopic (exact) mass is 375 g/mol. The summed E-state index contributed by atoms with van der Waals surface area (Å²) in [6, 6.07) is 23.1. The number of benzene rings is 3. The highest BCUT2D eigenvalue weighted by molar-refractivity contribution is 6.30. The van der Waals surface area contributed by atoms with E-state index in [-0.39, 0.29) is 11.4 Å². The number of rotatable bonds is 3. The molecule has 0 amide bonds. The number of nitrogens with zero attached hydrogens (tertiary/aromatic N) is 3. The van der Waals surface area contributed by atoms with E-state index in [0.29, 0.717) is 27.3 Å². The average molecular weight is 376 g/mol. The molecule has 0 saturated carbocycles. The van der Waals surface area contributed by atoms with Crippen LogP contribution in [0.1, 0.15) is 0 Å². The van der Waals surface area contributed by atoms with Crippen LogP contribution >= 0.6 is 11.6 Å². The van der Waals surface area contributed by atoms with Gasteiger partial charge in [0.25, 0.3) is 5.56 Å². The summed E-state index contributed by atoms with van der Waals surface area (Å²) in [4.78, 5) is 13.1. The Labute approximate surface area is 159 Å². The Morgan fingerprint density at radius 3 is 2.22 bits per heavy atom. The second-order valence-corrected chi connectivity index (χ2v) is 6.30. The predicted molar refractivity (Wildman–Crippen MR) is 107 cm³/mol. The normalized spacial score (nSPS) is 11.3. The van der Waals surface area contributed by atoms with Crippen molar-refractivity contribution in [1.29, 1.82) is 0 Å². The van der Waals surface area contributed by atoms with Gasteiger partial charge in [0.1, 0.15) is 0 Å². The number of hydrogen-bond acceptors (Lipinski definition) is 4. The van der Waals surface area contributed by atoms with E-state index < -0.39 is 5.56 Å². The van der Waals surface area contributed by atoms with E-state index in [1.165, 1.54) is 4.57 Å². The van der Waals surface area contributed by atoms with Gasteiger partial charge in [-0.15, -0.1) is 5.11 Å². The van der Waals surface area contributed by atoms with Crippen molar-refractivity contribution >= 4 is 33.9 Å². The molecule has 0 fully saturated rings. The molecule has 132 valence electrons. The Balaban J connectivity index is 1.96. The standard InChI is InChI=1S/C21H14ClN3O2/c22-14-10-12-15(13-11-14)23-24-19-20(26)17-8-4-5-9-18(17)25(21(19)27)16-6-2-1-3-7-16/h1-13,26H. The summed E-state index contributed by atoms with van der Waals surface area (Å²) in [7, 11) is 0. The number of fused-ring (bicyclic) bond motifs is 1. The molecule has 4 aromatic rings. The lowest BCUT2D eigenvalue weighted by Gasteiger charge is -2.12. The van der Waals surface area contributed by atoms with Crippen LogP contribution < -0.4 is 5.56 Å². The van der Waals surface area contributed by atoms with Crippen molar-refractivity contribution < 1.29 is 5.11 Å². The lowest BCUT2D eigenvalue weighted by Crippen LogP contribution is -2.18. The summed E-state index contributed by atoms with van der Waals surface area (Å²) < 4.78 is 1.52. The number of hydrogen-bond donors (Lipinski definition) is 1.